The Balaban J connectivity index is 1.99. The van der Waals surface area contributed by atoms with Gasteiger partial charge < -0.3 is 15.5 Å². The molecule has 0 bridgehead atoms. The predicted octanol–water partition coefficient (Wildman–Crippen LogP) is 4.12. The Labute approximate surface area is 125 Å². The van der Waals surface area contributed by atoms with Crippen LogP contribution >= 0.6 is 31.9 Å². The highest BCUT2D eigenvalue weighted by molar-refractivity contribution is 9.13. The fourth-order valence-corrected chi connectivity index (χ4v) is 3.14. The standard InChI is InChI=1S/C13H20Br2N2O/c14-10-7-12(18-13(10)15)11(8-16)17-9-5-3-1-2-4-6-9/h7,9,11,17H,1-6,8,16H2. The van der Waals surface area contributed by atoms with Crippen molar-refractivity contribution in [2.24, 2.45) is 5.73 Å². The van der Waals surface area contributed by atoms with E-state index in [1.165, 1.54) is 38.5 Å². The zero-order valence-electron chi connectivity index (χ0n) is 10.4. The van der Waals surface area contributed by atoms with Gasteiger partial charge in [0.25, 0.3) is 0 Å². The minimum Gasteiger partial charge on any atom is -0.451 e. The summed E-state index contributed by atoms with van der Waals surface area (Å²) >= 11 is 6.81. The van der Waals surface area contributed by atoms with E-state index in [0.29, 0.717) is 12.6 Å². The van der Waals surface area contributed by atoms with Gasteiger partial charge in [0.1, 0.15) is 5.76 Å². The number of halogens is 2. The van der Waals surface area contributed by atoms with Gasteiger partial charge in [0.05, 0.1) is 10.5 Å². The average Bonchev–Trinajstić information content (AvgIpc) is 2.59. The zero-order valence-corrected chi connectivity index (χ0v) is 13.6. The molecular formula is C13H20Br2N2O. The van der Waals surface area contributed by atoms with Crippen LogP contribution in [0.1, 0.15) is 50.3 Å². The summed E-state index contributed by atoms with van der Waals surface area (Å²) in [5, 5.41) is 3.64. The number of nitrogens with two attached hydrogens (primary N) is 1. The summed E-state index contributed by atoms with van der Waals surface area (Å²) in [7, 11) is 0. The monoisotopic (exact) mass is 378 g/mol. The lowest BCUT2D eigenvalue weighted by Gasteiger charge is -2.22. The van der Waals surface area contributed by atoms with Crippen LogP contribution in [0.25, 0.3) is 0 Å². The second kappa shape index (κ2) is 7.08. The number of furan rings is 1. The SMILES string of the molecule is NCC(NC1CCCCCC1)c1cc(Br)c(Br)o1. The molecule has 3 nitrogen and oxygen atoms in total. The molecule has 1 atom stereocenters. The Morgan fingerprint density at radius 2 is 1.94 bits per heavy atom. The first-order valence-corrected chi connectivity index (χ1v) is 8.20. The molecule has 1 aliphatic rings. The van der Waals surface area contributed by atoms with Gasteiger partial charge >= 0.3 is 0 Å². The fraction of sp³-hybridized carbons (Fsp3) is 0.692. The van der Waals surface area contributed by atoms with E-state index in [1.54, 1.807) is 0 Å². The summed E-state index contributed by atoms with van der Waals surface area (Å²) < 4.78 is 7.35. The van der Waals surface area contributed by atoms with Crippen molar-refractivity contribution in [2.45, 2.75) is 50.6 Å². The molecule has 0 aromatic carbocycles. The Morgan fingerprint density at radius 1 is 1.28 bits per heavy atom. The van der Waals surface area contributed by atoms with Crippen molar-refractivity contribution in [3.05, 3.63) is 21.0 Å². The number of rotatable bonds is 4. The molecule has 18 heavy (non-hydrogen) atoms. The lowest BCUT2D eigenvalue weighted by atomic mass is 10.1. The quantitative estimate of drug-likeness (QED) is 0.773. The summed E-state index contributed by atoms with van der Waals surface area (Å²) in [6, 6.07) is 2.67. The van der Waals surface area contributed by atoms with Gasteiger partial charge in [0.2, 0.25) is 0 Å². The second-order valence-corrected chi connectivity index (χ2v) is 6.49. The van der Waals surface area contributed by atoms with Crippen molar-refractivity contribution >= 4 is 31.9 Å². The normalized spacial score (nSPS) is 19.7. The largest absolute Gasteiger partial charge is 0.451 e. The molecule has 1 aliphatic carbocycles. The van der Waals surface area contributed by atoms with Gasteiger partial charge in [-0.15, -0.1) is 0 Å². The van der Waals surface area contributed by atoms with Crippen LogP contribution in [0.15, 0.2) is 19.6 Å². The molecule has 0 radical (unpaired) electrons. The Kier molecular flexibility index (Phi) is 5.73. The van der Waals surface area contributed by atoms with E-state index in [9.17, 15) is 0 Å². The van der Waals surface area contributed by atoms with E-state index in [2.05, 4.69) is 37.2 Å². The minimum absolute atomic E-state index is 0.107. The third kappa shape index (κ3) is 3.83. The topological polar surface area (TPSA) is 51.2 Å². The molecule has 1 unspecified atom stereocenters. The lowest BCUT2D eigenvalue weighted by molar-refractivity contribution is 0.350. The van der Waals surface area contributed by atoms with Crippen LogP contribution in [0.4, 0.5) is 0 Å². The smallest absolute Gasteiger partial charge is 0.183 e. The van der Waals surface area contributed by atoms with Gasteiger partial charge in [-0.3, -0.25) is 0 Å². The molecule has 5 heteroatoms. The maximum absolute atomic E-state index is 5.87. The minimum atomic E-state index is 0.107. The second-order valence-electron chi connectivity index (χ2n) is 4.91. The molecule has 0 spiro atoms. The highest BCUT2D eigenvalue weighted by atomic mass is 79.9. The van der Waals surface area contributed by atoms with Crippen molar-refractivity contribution in [3.8, 4) is 0 Å². The average molecular weight is 380 g/mol. The first-order chi connectivity index (χ1) is 8.70. The van der Waals surface area contributed by atoms with Gasteiger partial charge in [0, 0.05) is 12.6 Å². The molecular weight excluding hydrogens is 360 g/mol. The summed E-state index contributed by atoms with van der Waals surface area (Å²) in [5.41, 5.74) is 5.87. The van der Waals surface area contributed by atoms with E-state index in [1.807, 2.05) is 6.07 Å². The van der Waals surface area contributed by atoms with Crippen LogP contribution in [-0.2, 0) is 0 Å². The van der Waals surface area contributed by atoms with Crippen LogP contribution in [-0.4, -0.2) is 12.6 Å². The van der Waals surface area contributed by atoms with Crippen LogP contribution in [0.3, 0.4) is 0 Å². The molecule has 0 aliphatic heterocycles. The molecule has 3 N–H and O–H groups in total. The van der Waals surface area contributed by atoms with Crippen molar-refractivity contribution in [1.29, 1.82) is 0 Å². The molecule has 1 aromatic heterocycles. The van der Waals surface area contributed by atoms with Crippen LogP contribution in [0.2, 0.25) is 0 Å². The summed E-state index contributed by atoms with van der Waals surface area (Å²) in [6.07, 6.45) is 7.87. The van der Waals surface area contributed by atoms with Crippen LogP contribution < -0.4 is 11.1 Å². The molecule has 1 fully saturated rings. The van der Waals surface area contributed by atoms with E-state index in [-0.39, 0.29) is 6.04 Å². The summed E-state index contributed by atoms with van der Waals surface area (Å²) in [5.74, 6) is 0.903. The van der Waals surface area contributed by atoms with Crippen LogP contribution in [0.5, 0.6) is 0 Å². The van der Waals surface area contributed by atoms with Crippen LogP contribution in [0, 0.1) is 0 Å². The highest BCUT2D eigenvalue weighted by Gasteiger charge is 2.20. The molecule has 0 saturated heterocycles. The highest BCUT2D eigenvalue weighted by Crippen LogP contribution is 2.30. The Hall–Kier alpha value is 0.160. The van der Waals surface area contributed by atoms with Crippen molar-refractivity contribution in [1.82, 2.24) is 5.32 Å². The Morgan fingerprint density at radius 3 is 2.44 bits per heavy atom. The van der Waals surface area contributed by atoms with Crippen molar-refractivity contribution in [3.63, 3.8) is 0 Å². The van der Waals surface area contributed by atoms with Gasteiger partial charge in [-0.25, -0.2) is 0 Å². The van der Waals surface area contributed by atoms with E-state index < -0.39 is 0 Å². The molecule has 0 amide bonds. The first kappa shape index (κ1) is 14.6. The van der Waals surface area contributed by atoms with Gasteiger partial charge in [-0.2, -0.15) is 0 Å². The molecule has 1 saturated carbocycles. The van der Waals surface area contributed by atoms with E-state index >= 15 is 0 Å². The van der Waals surface area contributed by atoms with Gasteiger partial charge in [-0.1, -0.05) is 25.7 Å². The number of hydrogen-bond donors (Lipinski definition) is 2. The van der Waals surface area contributed by atoms with Gasteiger partial charge in [-0.05, 0) is 50.8 Å². The summed E-state index contributed by atoms with van der Waals surface area (Å²) in [4.78, 5) is 0. The number of hydrogen-bond acceptors (Lipinski definition) is 3. The molecule has 1 aromatic rings. The maximum atomic E-state index is 5.87. The Bertz CT molecular complexity index is 354. The summed E-state index contributed by atoms with van der Waals surface area (Å²) in [6.45, 7) is 0.558. The van der Waals surface area contributed by atoms with E-state index in [0.717, 1.165) is 14.9 Å². The maximum Gasteiger partial charge on any atom is 0.183 e. The molecule has 2 rings (SSSR count). The lowest BCUT2D eigenvalue weighted by Crippen LogP contribution is -2.36. The predicted molar refractivity (Wildman–Crippen MR) is 80.5 cm³/mol. The molecule has 1 heterocycles. The third-order valence-electron chi connectivity index (χ3n) is 3.54. The van der Waals surface area contributed by atoms with Crippen molar-refractivity contribution < 1.29 is 4.42 Å². The third-order valence-corrected chi connectivity index (χ3v) is 5.25. The first-order valence-electron chi connectivity index (χ1n) is 6.61. The van der Waals surface area contributed by atoms with Crippen molar-refractivity contribution in [2.75, 3.05) is 6.54 Å². The number of nitrogens with one attached hydrogen (secondary N) is 1. The van der Waals surface area contributed by atoms with E-state index in [4.69, 9.17) is 10.2 Å². The van der Waals surface area contributed by atoms with Gasteiger partial charge in [0.15, 0.2) is 4.67 Å². The fourth-order valence-electron chi connectivity index (χ4n) is 2.53. The zero-order chi connectivity index (χ0) is 13.0. The molecule has 102 valence electrons.